The molecule has 1 aromatic carbocycles. The van der Waals surface area contributed by atoms with Crippen LogP contribution in [0.25, 0.3) is 0 Å². The highest BCUT2D eigenvalue weighted by molar-refractivity contribution is 7.11. The molecule has 122 valence electrons. The zero-order chi connectivity index (χ0) is 16.6. The third-order valence-electron chi connectivity index (χ3n) is 4.66. The SMILES string of the molecule is COc1cc(C2(C(=O)N(C)Cc3ccc(C)s3)CC2)ccc1C. The fraction of sp³-hybridized carbons (Fsp3) is 0.421. The van der Waals surface area contributed by atoms with Gasteiger partial charge >= 0.3 is 0 Å². The van der Waals surface area contributed by atoms with Crippen molar-refractivity contribution < 1.29 is 9.53 Å². The molecule has 0 aliphatic heterocycles. The summed E-state index contributed by atoms with van der Waals surface area (Å²) in [7, 11) is 3.58. The number of nitrogens with zero attached hydrogens (tertiary/aromatic N) is 1. The van der Waals surface area contributed by atoms with E-state index in [1.165, 1.54) is 9.75 Å². The lowest BCUT2D eigenvalue weighted by Crippen LogP contribution is -2.36. The van der Waals surface area contributed by atoms with Gasteiger partial charge < -0.3 is 9.64 Å². The summed E-state index contributed by atoms with van der Waals surface area (Å²) in [5, 5.41) is 0. The molecule has 1 aliphatic rings. The highest BCUT2D eigenvalue weighted by atomic mass is 32.1. The molecule has 0 atom stereocenters. The van der Waals surface area contributed by atoms with Crippen molar-refractivity contribution in [1.82, 2.24) is 4.90 Å². The summed E-state index contributed by atoms with van der Waals surface area (Å²) in [5.41, 5.74) is 1.84. The Morgan fingerprint density at radius 3 is 2.57 bits per heavy atom. The minimum absolute atomic E-state index is 0.217. The van der Waals surface area contributed by atoms with Crippen LogP contribution < -0.4 is 4.74 Å². The van der Waals surface area contributed by atoms with Gasteiger partial charge in [-0.25, -0.2) is 0 Å². The maximum Gasteiger partial charge on any atom is 0.233 e. The Bertz CT molecular complexity index is 731. The average Bonchev–Trinajstić information content (AvgIpc) is 3.25. The van der Waals surface area contributed by atoms with Crippen LogP contribution in [-0.4, -0.2) is 25.0 Å². The lowest BCUT2D eigenvalue weighted by molar-refractivity contribution is -0.133. The van der Waals surface area contributed by atoms with E-state index in [4.69, 9.17) is 4.74 Å². The molecule has 0 unspecified atom stereocenters. The lowest BCUT2D eigenvalue weighted by Gasteiger charge is -2.24. The van der Waals surface area contributed by atoms with E-state index in [1.807, 2.05) is 31.0 Å². The van der Waals surface area contributed by atoms with E-state index in [1.54, 1.807) is 18.4 Å². The van der Waals surface area contributed by atoms with Crippen molar-refractivity contribution in [3.8, 4) is 5.75 Å². The van der Waals surface area contributed by atoms with E-state index >= 15 is 0 Å². The molecule has 1 aromatic heterocycles. The number of ether oxygens (including phenoxy) is 1. The van der Waals surface area contributed by atoms with Gasteiger partial charge in [0.15, 0.2) is 0 Å². The Balaban J connectivity index is 1.80. The van der Waals surface area contributed by atoms with Crippen LogP contribution in [0.3, 0.4) is 0 Å². The summed E-state index contributed by atoms with van der Waals surface area (Å²) in [6.45, 7) is 4.80. The van der Waals surface area contributed by atoms with Gasteiger partial charge in [0, 0.05) is 16.8 Å². The zero-order valence-electron chi connectivity index (χ0n) is 14.2. The van der Waals surface area contributed by atoms with Gasteiger partial charge in [0.05, 0.1) is 19.1 Å². The molecule has 0 N–H and O–H groups in total. The number of aryl methyl sites for hydroxylation is 2. The molecule has 0 spiro atoms. The standard InChI is InChI=1S/C19H23NO2S/c1-13-5-7-15(11-17(13)22-4)19(9-10-19)18(21)20(3)12-16-8-6-14(2)23-16/h5-8,11H,9-10,12H2,1-4H3. The number of likely N-dealkylation sites (N-methyl/N-ethyl adjacent to an activating group) is 1. The Kier molecular flexibility index (Phi) is 4.19. The Hall–Kier alpha value is -1.81. The first kappa shape index (κ1) is 16.1. The number of carbonyl (C=O) groups excluding carboxylic acids is 1. The Labute approximate surface area is 141 Å². The first-order valence-corrected chi connectivity index (χ1v) is 8.74. The van der Waals surface area contributed by atoms with Crippen LogP contribution in [0.4, 0.5) is 0 Å². The summed E-state index contributed by atoms with van der Waals surface area (Å²) < 4.78 is 5.42. The van der Waals surface area contributed by atoms with Crippen molar-refractivity contribution in [3.05, 3.63) is 51.2 Å². The number of amides is 1. The first-order valence-electron chi connectivity index (χ1n) is 7.92. The summed E-state index contributed by atoms with van der Waals surface area (Å²) in [6, 6.07) is 10.4. The van der Waals surface area contributed by atoms with Crippen molar-refractivity contribution in [2.45, 2.75) is 38.6 Å². The van der Waals surface area contributed by atoms with Gasteiger partial charge in [0.2, 0.25) is 5.91 Å². The summed E-state index contributed by atoms with van der Waals surface area (Å²) >= 11 is 1.75. The number of carbonyl (C=O) groups is 1. The largest absolute Gasteiger partial charge is 0.496 e. The van der Waals surface area contributed by atoms with Crippen LogP contribution in [0.5, 0.6) is 5.75 Å². The zero-order valence-corrected chi connectivity index (χ0v) is 15.0. The highest BCUT2D eigenvalue weighted by Gasteiger charge is 2.52. The van der Waals surface area contributed by atoms with Crippen LogP contribution in [0.1, 0.15) is 33.7 Å². The number of methoxy groups -OCH3 is 1. The number of benzene rings is 1. The third-order valence-corrected chi connectivity index (χ3v) is 5.64. The van der Waals surface area contributed by atoms with E-state index in [-0.39, 0.29) is 11.3 Å². The molecule has 1 amide bonds. The minimum Gasteiger partial charge on any atom is -0.496 e. The van der Waals surface area contributed by atoms with E-state index < -0.39 is 0 Å². The van der Waals surface area contributed by atoms with Crippen molar-refractivity contribution in [2.75, 3.05) is 14.2 Å². The van der Waals surface area contributed by atoms with Gasteiger partial charge in [-0.15, -0.1) is 11.3 Å². The minimum atomic E-state index is -0.345. The molecule has 3 rings (SSSR count). The second kappa shape index (κ2) is 6.00. The van der Waals surface area contributed by atoms with Crippen molar-refractivity contribution in [3.63, 3.8) is 0 Å². The number of hydrogen-bond acceptors (Lipinski definition) is 3. The normalized spacial score (nSPS) is 15.3. The maximum absolute atomic E-state index is 13.0. The summed E-state index contributed by atoms with van der Waals surface area (Å²) in [4.78, 5) is 17.4. The fourth-order valence-electron chi connectivity index (χ4n) is 3.11. The molecule has 1 aliphatic carbocycles. The van der Waals surface area contributed by atoms with Gasteiger partial charge in [-0.2, -0.15) is 0 Å². The van der Waals surface area contributed by atoms with Gasteiger partial charge in [-0.3, -0.25) is 4.79 Å². The topological polar surface area (TPSA) is 29.5 Å². The van der Waals surface area contributed by atoms with Gasteiger partial charge in [0.1, 0.15) is 5.75 Å². The quantitative estimate of drug-likeness (QED) is 0.828. The molecule has 23 heavy (non-hydrogen) atoms. The average molecular weight is 329 g/mol. The van der Waals surface area contributed by atoms with Gasteiger partial charge in [-0.1, -0.05) is 12.1 Å². The highest BCUT2D eigenvalue weighted by Crippen LogP contribution is 2.50. The van der Waals surface area contributed by atoms with E-state index in [2.05, 4.69) is 25.1 Å². The van der Waals surface area contributed by atoms with Crippen molar-refractivity contribution >= 4 is 17.2 Å². The monoisotopic (exact) mass is 329 g/mol. The van der Waals surface area contributed by atoms with Crippen molar-refractivity contribution in [2.24, 2.45) is 0 Å². The third kappa shape index (κ3) is 3.00. The molecule has 0 radical (unpaired) electrons. The Morgan fingerprint density at radius 1 is 1.26 bits per heavy atom. The van der Waals surface area contributed by atoms with Crippen LogP contribution in [0.15, 0.2) is 30.3 Å². The first-order chi connectivity index (χ1) is 11.0. The number of hydrogen-bond donors (Lipinski definition) is 0. The second-order valence-corrected chi connectivity index (χ2v) is 7.81. The Morgan fingerprint density at radius 2 is 2.00 bits per heavy atom. The molecule has 1 heterocycles. The molecule has 1 fully saturated rings. The number of rotatable bonds is 5. The van der Waals surface area contributed by atoms with E-state index in [9.17, 15) is 4.79 Å². The van der Waals surface area contributed by atoms with Crippen LogP contribution >= 0.6 is 11.3 Å². The molecule has 0 saturated heterocycles. The van der Waals surface area contributed by atoms with Crippen LogP contribution in [0.2, 0.25) is 0 Å². The molecule has 4 heteroatoms. The van der Waals surface area contributed by atoms with Crippen LogP contribution in [0, 0.1) is 13.8 Å². The van der Waals surface area contributed by atoms with E-state index in [0.717, 1.165) is 29.7 Å². The predicted molar refractivity (Wildman–Crippen MR) is 94.2 cm³/mol. The molecular weight excluding hydrogens is 306 g/mol. The molecule has 3 nitrogen and oxygen atoms in total. The van der Waals surface area contributed by atoms with E-state index in [0.29, 0.717) is 6.54 Å². The van der Waals surface area contributed by atoms with Gasteiger partial charge in [-0.05, 0) is 56.0 Å². The second-order valence-electron chi connectivity index (χ2n) is 6.44. The summed E-state index contributed by atoms with van der Waals surface area (Å²) in [5.74, 6) is 1.08. The van der Waals surface area contributed by atoms with Crippen LogP contribution in [-0.2, 0) is 16.8 Å². The molecular formula is C19H23NO2S. The number of thiophene rings is 1. The van der Waals surface area contributed by atoms with Crippen molar-refractivity contribution in [1.29, 1.82) is 0 Å². The molecule has 1 saturated carbocycles. The summed E-state index contributed by atoms with van der Waals surface area (Å²) in [6.07, 6.45) is 1.84. The smallest absolute Gasteiger partial charge is 0.233 e. The molecule has 0 bridgehead atoms. The lowest BCUT2D eigenvalue weighted by atomic mass is 9.93. The fourth-order valence-corrected chi connectivity index (χ4v) is 4.05. The maximum atomic E-state index is 13.0. The van der Waals surface area contributed by atoms with Gasteiger partial charge in [0.25, 0.3) is 0 Å². The predicted octanol–water partition coefficient (Wildman–Crippen LogP) is 4.06. The molecule has 2 aromatic rings.